The summed E-state index contributed by atoms with van der Waals surface area (Å²) in [5.74, 6) is 0.800. The van der Waals surface area contributed by atoms with Crippen molar-refractivity contribution >= 4 is 0 Å². The van der Waals surface area contributed by atoms with E-state index in [9.17, 15) is 0 Å². The smallest absolute Gasteiger partial charge is 0.0252 e. The van der Waals surface area contributed by atoms with Gasteiger partial charge >= 0.3 is 0 Å². The van der Waals surface area contributed by atoms with Crippen molar-refractivity contribution in [3.05, 3.63) is 0 Å². The van der Waals surface area contributed by atoms with Gasteiger partial charge in [0.1, 0.15) is 0 Å². The molecule has 0 heterocycles. The Morgan fingerprint density at radius 1 is 1.06 bits per heavy atom. The van der Waals surface area contributed by atoms with Crippen LogP contribution < -0.4 is 5.32 Å². The minimum absolute atomic E-state index is 0.759. The van der Waals surface area contributed by atoms with Crippen LogP contribution in [0, 0.1) is 5.92 Å². The fourth-order valence-corrected chi connectivity index (χ4v) is 4.05. The molecule has 2 fully saturated rings. The fraction of sp³-hybridized carbons (Fsp3) is 1.00. The normalized spacial score (nSPS) is 29.8. The Balaban J connectivity index is 2.01. The monoisotopic (exact) mass is 252 g/mol. The number of hydrogen-bond donors (Lipinski definition) is 1. The third kappa shape index (κ3) is 3.48. The molecule has 0 amide bonds. The van der Waals surface area contributed by atoms with Crippen LogP contribution in [0.1, 0.15) is 65.7 Å². The number of hydrogen-bond acceptors (Lipinski definition) is 2. The van der Waals surface area contributed by atoms with E-state index in [1.165, 1.54) is 51.5 Å². The zero-order valence-electron chi connectivity index (χ0n) is 12.6. The van der Waals surface area contributed by atoms with E-state index in [1.807, 2.05) is 0 Å². The highest BCUT2D eigenvalue weighted by Crippen LogP contribution is 2.32. The van der Waals surface area contributed by atoms with Gasteiger partial charge in [-0.1, -0.05) is 40.0 Å². The molecule has 2 aliphatic carbocycles. The predicted molar refractivity (Wildman–Crippen MR) is 78.9 cm³/mol. The van der Waals surface area contributed by atoms with E-state index in [0.29, 0.717) is 0 Å². The zero-order valence-corrected chi connectivity index (χ0v) is 12.6. The molecule has 2 unspecified atom stereocenters. The Labute approximate surface area is 114 Å². The lowest BCUT2D eigenvalue weighted by molar-refractivity contribution is 0.103. The highest BCUT2D eigenvalue weighted by molar-refractivity contribution is 4.94. The topological polar surface area (TPSA) is 15.3 Å². The van der Waals surface area contributed by atoms with Crippen LogP contribution in [-0.2, 0) is 0 Å². The van der Waals surface area contributed by atoms with Crippen molar-refractivity contribution in [3.8, 4) is 0 Å². The van der Waals surface area contributed by atoms with Crippen molar-refractivity contribution in [3.63, 3.8) is 0 Å². The minimum atomic E-state index is 0.759. The lowest BCUT2D eigenvalue weighted by Crippen LogP contribution is -2.51. The van der Waals surface area contributed by atoms with Crippen molar-refractivity contribution in [2.45, 2.75) is 83.8 Å². The summed E-state index contributed by atoms with van der Waals surface area (Å²) in [5, 5.41) is 3.73. The molecule has 2 atom stereocenters. The quantitative estimate of drug-likeness (QED) is 0.779. The molecule has 2 nitrogen and oxygen atoms in total. The van der Waals surface area contributed by atoms with Crippen molar-refractivity contribution in [2.24, 2.45) is 5.92 Å². The molecular formula is C16H32N2. The Morgan fingerprint density at radius 3 is 2.39 bits per heavy atom. The fourth-order valence-electron chi connectivity index (χ4n) is 4.05. The van der Waals surface area contributed by atoms with Gasteiger partial charge in [0.2, 0.25) is 0 Å². The summed E-state index contributed by atoms with van der Waals surface area (Å²) < 4.78 is 0. The van der Waals surface area contributed by atoms with Gasteiger partial charge < -0.3 is 5.32 Å². The predicted octanol–water partition coefficient (Wildman–Crippen LogP) is 3.42. The highest BCUT2D eigenvalue weighted by atomic mass is 15.2. The SMILES string of the molecule is CCNC1CCCC1N(CC(C)C)C1CCCC1. The van der Waals surface area contributed by atoms with Crippen molar-refractivity contribution in [2.75, 3.05) is 13.1 Å². The second kappa shape index (κ2) is 6.91. The molecule has 0 aliphatic heterocycles. The molecular weight excluding hydrogens is 220 g/mol. The van der Waals surface area contributed by atoms with Crippen molar-refractivity contribution < 1.29 is 0 Å². The molecule has 0 saturated heterocycles. The number of nitrogens with one attached hydrogen (secondary N) is 1. The van der Waals surface area contributed by atoms with Crippen LogP contribution in [-0.4, -0.2) is 36.1 Å². The van der Waals surface area contributed by atoms with E-state index in [-0.39, 0.29) is 0 Å². The van der Waals surface area contributed by atoms with E-state index in [4.69, 9.17) is 0 Å². The maximum Gasteiger partial charge on any atom is 0.0252 e. The van der Waals surface area contributed by atoms with Crippen molar-refractivity contribution in [1.29, 1.82) is 0 Å². The molecule has 0 spiro atoms. The molecule has 2 heteroatoms. The third-order valence-corrected chi connectivity index (χ3v) is 4.74. The summed E-state index contributed by atoms with van der Waals surface area (Å²) in [4.78, 5) is 2.89. The largest absolute Gasteiger partial charge is 0.313 e. The Bertz CT molecular complexity index is 233. The first-order valence-electron chi connectivity index (χ1n) is 8.21. The molecule has 0 aromatic heterocycles. The van der Waals surface area contributed by atoms with E-state index in [1.54, 1.807) is 0 Å². The van der Waals surface area contributed by atoms with Gasteiger partial charge in [0.05, 0.1) is 0 Å². The van der Waals surface area contributed by atoms with Gasteiger partial charge in [0.15, 0.2) is 0 Å². The summed E-state index contributed by atoms with van der Waals surface area (Å²) in [6, 6.07) is 2.46. The zero-order chi connectivity index (χ0) is 13.0. The average molecular weight is 252 g/mol. The van der Waals surface area contributed by atoms with Crippen LogP contribution in [0.3, 0.4) is 0 Å². The van der Waals surface area contributed by atoms with Crippen LogP contribution in [0.2, 0.25) is 0 Å². The summed E-state index contributed by atoms with van der Waals surface area (Å²) in [5.41, 5.74) is 0. The summed E-state index contributed by atoms with van der Waals surface area (Å²) in [7, 11) is 0. The molecule has 2 aliphatic rings. The third-order valence-electron chi connectivity index (χ3n) is 4.74. The van der Waals surface area contributed by atoms with E-state index in [2.05, 4.69) is 31.0 Å². The van der Waals surface area contributed by atoms with Gasteiger partial charge in [0, 0.05) is 24.7 Å². The second-order valence-corrected chi connectivity index (χ2v) is 6.69. The first-order chi connectivity index (χ1) is 8.72. The van der Waals surface area contributed by atoms with Gasteiger partial charge in [-0.2, -0.15) is 0 Å². The molecule has 1 N–H and O–H groups in total. The van der Waals surface area contributed by atoms with Crippen LogP contribution >= 0.6 is 0 Å². The minimum Gasteiger partial charge on any atom is -0.313 e. The number of nitrogens with zero attached hydrogens (tertiary/aromatic N) is 1. The maximum absolute atomic E-state index is 3.73. The summed E-state index contributed by atoms with van der Waals surface area (Å²) in [6.45, 7) is 9.43. The molecule has 0 aromatic carbocycles. The molecule has 0 radical (unpaired) electrons. The van der Waals surface area contributed by atoms with Crippen LogP contribution in [0.15, 0.2) is 0 Å². The first-order valence-corrected chi connectivity index (χ1v) is 8.21. The van der Waals surface area contributed by atoms with E-state index >= 15 is 0 Å². The molecule has 0 aromatic rings. The Kier molecular flexibility index (Phi) is 5.50. The standard InChI is InChI=1S/C16H32N2/c1-4-17-15-10-7-11-16(15)18(12-13(2)3)14-8-5-6-9-14/h13-17H,4-12H2,1-3H3. The Hall–Kier alpha value is -0.0800. The van der Waals surface area contributed by atoms with Gasteiger partial charge in [-0.15, -0.1) is 0 Å². The molecule has 2 saturated carbocycles. The van der Waals surface area contributed by atoms with E-state index < -0.39 is 0 Å². The van der Waals surface area contributed by atoms with Crippen LogP contribution in [0.4, 0.5) is 0 Å². The molecule has 0 bridgehead atoms. The number of rotatable bonds is 6. The van der Waals surface area contributed by atoms with Gasteiger partial charge in [0.25, 0.3) is 0 Å². The highest BCUT2D eigenvalue weighted by Gasteiger charge is 2.36. The summed E-state index contributed by atoms with van der Waals surface area (Å²) in [6.07, 6.45) is 10.0. The first kappa shape index (κ1) is 14.3. The number of likely N-dealkylation sites (N-methyl/N-ethyl adjacent to an activating group) is 1. The van der Waals surface area contributed by atoms with Crippen molar-refractivity contribution in [1.82, 2.24) is 10.2 Å². The molecule has 106 valence electrons. The Morgan fingerprint density at radius 2 is 1.78 bits per heavy atom. The van der Waals surface area contributed by atoms with Gasteiger partial charge in [-0.25, -0.2) is 0 Å². The van der Waals surface area contributed by atoms with Crippen LogP contribution in [0.5, 0.6) is 0 Å². The lowest BCUT2D eigenvalue weighted by Gasteiger charge is -2.39. The van der Waals surface area contributed by atoms with E-state index in [0.717, 1.165) is 30.6 Å². The van der Waals surface area contributed by atoms with Crippen LogP contribution in [0.25, 0.3) is 0 Å². The van der Waals surface area contributed by atoms with Gasteiger partial charge in [-0.05, 0) is 38.1 Å². The average Bonchev–Trinajstić information content (AvgIpc) is 2.97. The lowest BCUT2D eigenvalue weighted by atomic mass is 10.0. The maximum atomic E-state index is 3.73. The molecule has 18 heavy (non-hydrogen) atoms. The summed E-state index contributed by atoms with van der Waals surface area (Å²) >= 11 is 0. The van der Waals surface area contributed by atoms with Gasteiger partial charge in [-0.3, -0.25) is 4.90 Å². The molecule has 2 rings (SSSR count). The second-order valence-electron chi connectivity index (χ2n) is 6.69.